The van der Waals surface area contributed by atoms with E-state index in [1.165, 1.54) is 34.6 Å². The molecular formula is C22H19ClN6O4. The van der Waals surface area contributed by atoms with Crippen molar-refractivity contribution in [2.24, 2.45) is 19.2 Å². The molecule has 0 saturated carbocycles. The Morgan fingerprint density at radius 1 is 1.15 bits per heavy atom. The van der Waals surface area contributed by atoms with Crippen LogP contribution in [0.2, 0.25) is 5.02 Å². The number of amides is 1. The predicted molar refractivity (Wildman–Crippen MR) is 121 cm³/mol. The molecule has 4 heterocycles. The lowest BCUT2D eigenvalue weighted by Crippen LogP contribution is -2.38. The first-order valence-electron chi connectivity index (χ1n) is 10.1. The molecule has 0 radical (unpaired) electrons. The molecule has 1 amide bonds. The topological polar surface area (TPSA) is 108 Å². The predicted octanol–water partition coefficient (Wildman–Crippen LogP) is 2.06. The van der Waals surface area contributed by atoms with Crippen LogP contribution >= 0.6 is 11.6 Å². The molecule has 1 atom stereocenters. The average Bonchev–Trinajstić information content (AvgIpc) is 3.56. The molecule has 0 saturated heterocycles. The van der Waals surface area contributed by atoms with Crippen molar-refractivity contribution >= 4 is 34.4 Å². The summed E-state index contributed by atoms with van der Waals surface area (Å²) in [6.45, 7) is -0.182. The Hall–Kier alpha value is -3.92. The molecule has 33 heavy (non-hydrogen) atoms. The van der Waals surface area contributed by atoms with E-state index >= 15 is 0 Å². The van der Waals surface area contributed by atoms with Crippen LogP contribution in [-0.4, -0.2) is 35.3 Å². The van der Waals surface area contributed by atoms with Gasteiger partial charge in [-0.3, -0.25) is 18.7 Å². The molecule has 11 heteroatoms. The van der Waals surface area contributed by atoms with E-state index in [4.69, 9.17) is 16.0 Å². The van der Waals surface area contributed by atoms with Gasteiger partial charge in [-0.15, -0.1) is 0 Å². The van der Waals surface area contributed by atoms with Crippen LogP contribution in [0.4, 0.5) is 0 Å². The largest absolute Gasteiger partial charge is 0.467 e. The molecule has 0 N–H and O–H groups in total. The second-order valence-corrected chi connectivity index (χ2v) is 8.21. The Morgan fingerprint density at radius 3 is 2.61 bits per heavy atom. The van der Waals surface area contributed by atoms with E-state index in [1.54, 1.807) is 30.5 Å². The first kappa shape index (κ1) is 21.0. The lowest BCUT2D eigenvalue weighted by molar-refractivity contribution is -0.133. The third kappa shape index (κ3) is 3.48. The lowest BCUT2D eigenvalue weighted by Gasteiger charge is -2.20. The fourth-order valence-electron chi connectivity index (χ4n) is 3.99. The van der Waals surface area contributed by atoms with Crippen LogP contribution in [0, 0.1) is 0 Å². The van der Waals surface area contributed by atoms with Gasteiger partial charge in [-0.1, -0.05) is 23.7 Å². The fraction of sp³-hybridized carbons (Fsp3) is 0.227. The average molecular weight is 467 g/mol. The zero-order chi connectivity index (χ0) is 23.3. The summed E-state index contributed by atoms with van der Waals surface area (Å²) >= 11 is 6.00. The van der Waals surface area contributed by atoms with E-state index < -0.39 is 17.3 Å². The van der Waals surface area contributed by atoms with Gasteiger partial charge in [-0.2, -0.15) is 5.10 Å². The number of benzene rings is 1. The number of halogens is 1. The normalized spacial score (nSPS) is 15.9. The van der Waals surface area contributed by atoms with Gasteiger partial charge in [0.15, 0.2) is 11.2 Å². The Kier molecular flexibility index (Phi) is 5.01. The zero-order valence-corrected chi connectivity index (χ0v) is 18.6. The van der Waals surface area contributed by atoms with Crippen molar-refractivity contribution in [3.05, 3.63) is 86.2 Å². The Bertz CT molecular complexity index is 1510. The number of carbonyl (C=O) groups excluding carboxylic acids is 1. The van der Waals surface area contributed by atoms with Crippen LogP contribution in [0.1, 0.15) is 23.8 Å². The summed E-state index contributed by atoms with van der Waals surface area (Å²) in [5, 5.41) is 6.57. The number of hydrogen-bond donors (Lipinski definition) is 0. The molecule has 1 aliphatic heterocycles. The van der Waals surface area contributed by atoms with Gasteiger partial charge >= 0.3 is 5.69 Å². The van der Waals surface area contributed by atoms with Gasteiger partial charge in [-0.25, -0.2) is 14.8 Å². The number of furan rings is 1. The van der Waals surface area contributed by atoms with Crippen LogP contribution in [-0.2, 0) is 25.4 Å². The first-order valence-corrected chi connectivity index (χ1v) is 10.5. The molecule has 1 aliphatic rings. The highest BCUT2D eigenvalue weighted by atomic mass is 35.5. The molecule has 10 nitrogen and oxygen atoms in total. The zero-order valence-electron chi connectivity index (χ0n) is 17.8. The molecule has 0 aliphatic carbocycles. The number of fused-ring (bicyclic) bond motifs is 1. The summed E-state index contributed by atoms with van der Waals surface area (Å²) in [6, 6.07) is 10.4. The third-order valence-corrected chi connectivity index (χ3v) is 5.99. The number of aromatic nitrogens is 4. The number of nitrogens with zero attached hydrogens (tertiary/aromatic N) is 6. The van der Waals surface area contributed by atoms with Crippen molar-refractivity contribution in [3.63, 3.8) is 0 Å². The highest BCUT2D eigenvalue weighted by Gasteiger charge is 2.35. The van der Waals surface area contributed by atoms with E-state index in [0.717, 1.165) is 15.8 Å². The van der Waals surface area contributed by atoms with E-state index in [-0.39, 0.29) is 23.6 Å². The molecule has 3 aromatic heterocycles. The fourth-order valence-corrected chi connectivity index (χ4v) is 4.12. The van der Waals surface area contributed by atoms with Crippen LogP contribution in [0.3, 0.4) is 0 Å². The molecule has 1 aromatic carbocycles. The maximum atomic E-state index is 13.4. The monoisotopic (exact) mass is 466 g/mol. The number of hydrogen-bond acceptors (Lipinski definition) is 6. The minimum Gasteiger partial charge on any atom is -0.467 e. The van der Waals surface area contributed by atoms with Gasteiger partial charge in [0.1, 0.15) is 18.3 Å². The second kappa shape index (κ2) is 7.89. The third-order valence-electron chi connectivity index (χ3n) is 5.74. The molecular weight excluding hydrogens is 448 g/mol. The maximum Gasteiger partial charge on any atom is 0.332 e. The van der Waals surface area contributed by atoms with Gasteiger partial charge in [0.25, 0.3) is 11.5 Å². The van der Waals surface area contributed by atoms with E-state index in [2.05, 4.69) is 10.1 Å². The summed E-state index contributed by atoms with van der Waals surface area (Å²) < 4.78 is 9.27. The van der Waals surface area contributed by atoms with Crippen molar-refractivity contribution in [2.75, 3.05) is 0 Å². The molecule has 5 rings (SSSR count). The summed E-state index contributed by atoms with van der Waals surface area (Å²) in [4.78, 5) is 42.4. The molecule has 0 spiro atoms. The van der Waals surface area contributed by atoms with Crippen molar-refractivity contribution in [2.45, 2.75) is 19.0 Å². The number of carbonyl (C=O) groups is 1. The minimum atomic E-state index is -0.521. The highest BCUT2D eigenvalue weighted by molar-refractivity contribution is 6.30. The Labute approximate surface area is 191 Å². The van der Waals surface area contributed by atoms with Crippen molar-refractivity contribution in [3.8, 4) is 0 Å². The number of hydrazone groups is 1. The van der Waals surface area contributed by atoms with Gasteiger partial charge in [-0.05, 0) is 29.8 Å². The van der Waals surface area contributed by atoms with Crippen molar-refractivity contribution < 1.29 is 9.21 Å². The molecule has 168 valence electrons. The van der Waals surface area contributed by atoms with Gasteiger partial charge in [0.05, 0.1) is 18.3 Å². The van der Waals surface area contributed by atoms with Crippen molar-refractivity contribution in [1.82, 2.24) is 23.7 Å². The summed E-state index contributed by atoms with van der Waals surface area (Å²) in [5.41, 5.74) is 0.943. The van der Waals surface area contributed by atoms with Crippen LogP contribution in [0.15, 0.2) is 68.1 Å². The molecule has 0 bridgehead atoms. The first-order chi connectivity index (χ1) is 15.8. The quantitative estimate of drug-likeness (QED) is 0.457. The molecule has 0 unspecified atom stereocenters. The Morgan fingerprint density at radius 2 is 1.91 bits per heavy atom. The maximum absolute atomic E-state index is 13.4. The van der Waals surface area contributed by atoms with E-state index in [9.17, 15) is 14.4 Å². The molecule has 0 fully saturated rings. The van der Waals surface area contributed by atoms with Gasteiger partial charge < -0.3 is 8.98 Å². The van der Waals surface area contributed by atoms with Gasteiger partial charge in [0, 0.05) is 25.5 Å². The van der Waals surface area contributed by atoms with E-state index in [0.29, 0.717) is 17.2 Å². The summed E-state index contributed by atoms with van der Waals surface area (Å²) in [7, 11) is 2.92. The smallest absolute Gasteiger partial charge is 0.332 e. The Balaban J connectivity index is 1.52. The number of imidazole rings is 1. The van der Waals surface area contributed by atoms with Crippen LogP contribution in [0.5, 0.6) is 0 Å². The summed E-state index contributed by atoms with van der Waals surface area (Å²) in [6.07, 6.45) is 3.39. The minimum absolute atomic E-state index is 0.170. The highest BCUT2D eigenvalue weighted by Crippen LogP contribution is 2.33. The SMILES string of the molecule is Cn1c(=O)c2c(ncn2CC(=O)N2N=C(c3ccc(Cl)cc3)C[C@H]2c2ccco2)n(C)c1=O. The van der Waals surface area contributed by atoms with Crippen LogP contribution in [0.25, 0.3) is 11.2 Å². The van der Waals surface area contributed by atoms with Gasteiger partial charge in [0.2, 0.25) is 0 Å². The lowest BCUT2D eigenvalue weighted by atomic mass is 10.0. The van der Waals surface area contributed by atoms with E-state index in [1.807, 2.05) is 12.1 Å². The van der Waals surface area contributed by atoms with Crippen LogP contribution < -0.4 is 11.2 Å². The second-order valence-electron chi connectivity index (χ2n) is 7.78. The van der Waals surface area contributed by atoms with Crippen molar-refractivity contribution in [1.29, 1.82) is 0 Å². The standard InChI is InChI=1S/C22H19ClN6O4/c1-26-20-19(21(31)27(2)22(26)32)28(12-24-20)11-18(30)29-16(17-4-3-9-33-17)10-15(25-29)13-5-7-14(23)8-6-13/h3-9,12,16H,10-11H2,1-2H3/t16-/m0/s1. The number of rotatable bonds is 4. The number of aryl methyl sites for hydroxylation is 1. The summed E-state index contributed by atoms with van der Waals surface area (Å²) in [5.74, 6) is 0.250. The molecule has 4 aromatic rings.